The predicted octanol–water partition coefficient (Wildman–Crippen LogP) is 2.00. The van der Waals surface area contributed by atoms with Gasteiger partial charge in [-0.05, 0) is 50.4 Å². The molecule has 0 aliphatic carbocycles. The van der Waals surface area contributed by atoms with Crippen molar-refractivity contribution in [1.82, 2.24) is 5.32 Å². The zero-order valence-electron chi connectivity index (χ0n) is 9.17. The molecule has 1 aliphatic rings. The molecule has 1 aliphatic heterocycles. The third kappa shape index (κ3) is 1.67. The van der Waals surface area contributed by atoms with Crippen LogP contribution < -0.4 is 5.32 Å². The number of hydrogen-bond donors (Lipinski definition) is 3. The van der Waals surface area contributed by atoms with Gasteiger partial charge in [0.25, 0.3) is 0 Å². The van der Waals surface area contributed by atoms with Gasteiger partial charge in [-0.25, -0.2) is 0 Å². The smallest absolute Gasteiger partial charge is 0.160 e. The molecule has 1 heterocycles. The lowest BCUT2D eigenvalue weighted by atomic mass is 9.89. The van der Waals surface area contributed by atoms with Gasteiger partial charge in [-0.1, -0.05) is 6.07 Å². The Bertz CT molecular complexity index is 358. The van der Waals surface area contributed by atoms with Crippen LogP contribution in [0, 0.1) is 6.92 Å². The molecular weight excluding hydrogens is 190 g/mol. The summed E-state index contributed by atoms with van der Waals surface area (Å²) in [6.07, 6.45) is 2.22. The highest BCUT2D eigenvalue weighted by atomic mass is 16.3. The van der Waals surface area contributed by atoms with Crippen LogP contribution in [0.15, 0.2) is 12.1 Å². The molecule has 0 amide bonds. The summed E-state index contributed by atoms with van der Waals surface area (Å²) in [4.78, 5) is 0. The molecule has 0 spiro atoms. The Morgan fingerprint density at radius 2 is 2.07 bits per heavy atom. The number of phenols is 2. The van der Waals surface area contributed by atoms with Gasteiger partial charge in [0.05, 0.1) is 0 Å². The van der Waals surface area contributed by atoms with Crippen molar-refractivity contribution < 1.29 is 10.2 Å². The highest BCUT2D eigenvalue weighted by Crippen LogP contribution is 2.37. The van der Waals surface area contributed by atoms with Crippen LogP contribution in [0.3, 0.4) is 0 Å². The Morgan fingerprint density at radius 3 is 2.60 bits per heavy atom. The Kier molecular flexibility index (Phi) is 2.35. The summed E-state index contributed by atoms with van der Waals surface area (Å²) in [5.74, 6) is -0.0414. The van der Waals surface area contributed by atoms with Crippen molar-refractivity contribution in [1.29, 1.82) is 0 Å². The first-order valence-electron chi connectivity index (χ1n) is 5.31. The molecule has 3 nitrogen and oxygen atoms in total. The normalized spacial score (nSPS) is 25.7. The predicted molar refractivity (Wildman–Crippen MR) is 59.1 cm³/mol. The highest BCUT2D eigenvalue weighted by molar-refractivity contribution is 5.48. The van der Waals surface area contributed by atoms with Crippen LogP contribution in [-0.4, -0.2) is 16.8 Å². The molecule has 1 aromatic rings. The quantitative estimate of drug-likeness (QED) is 0.617. The molecule has 0 saturated carbocycles. The lowest BCUT2D eigenvalue weighted by Gasteiger charge is -2.25. The lowest BCUT2D eigenvalue weighted by molar-refractivity contribution is 0.391. The van der Waals surface area contributed by atoms with Gasteiger partial charge in [-0.3, -0.25) is 0 Å². The van der Waals surface area contributed by atoms with Gasteiger partial charge in [0.1, 0.15) is 0 Å². The first kappa shape index (κ1) is 10.3. The molecule has 0 radical (unpaired) electrons. The minimum absolute atomic E-state index is 0.0136. The van der Waals surface area contributed by atoms with Crippen LogP contribution in [0.2, 0.25) is 0 Å². The molecule has 82 valence electrons. The lowest BCUT2D eigenvalue weighted by Crippen LogP contribution is -2.33. The van der Waals surface area contributed by atoms with E-state index in [1.807, 2.05) is 6.07 Å². The molecule has 0 aromatic heterocycles. The summed E-state index contributed by atoms with van der Waals surface area (Å²) in [6, 6.07) is 3.59. The Morgan fingerprint density at radius 1 is 1.33 bits per heavy atom. The van der Waals surface area contributed by atoms with Crippen LogP contribution in [0.1, 0.15) is 30.9 Å². The largest absolute Gasteiger partial charge is 0.504 e. The minimum Gasteiger partial charge on any atom is -0.504 e. The number of rotatable bonds is 1. The van der Waals surface area contributed by atoms with Gasteiger partial charge in [-0.15, -0.1) is 0 Å². The second kappa shape index (κ2) is 3.42. The van der Waals surface area contributed by atoms with Crippen molar-refractivity contribution in [2.24, 2.45) is 0 Å². The molecule has 1 atom stereocenters. The zero-order chi connectivity index (χ0) is 11.1. The number of benzene rings is 1. The summed E-state index contributed by atoms with van der Waals surface area (Å²) in [5.41, 5.74) is 1.71. The second-order valence-electron chi connectivity index (χ2n) is 4.52. The van der Waals surface area contributed by atoms with E-state index < -0.39 is 0 Å². The molecule has 0 bridgehead atoms. The molecule has 1 aromatic carbocycles. The number of phenolic OH excluding ortho intramolecular Hbond substituents is 2. The second-order valence-corrected chi connectivity index (χ2v) is 4.52. The van der Waals surface area contributed by atoms with Crippen molar-refractivity contribution in [2.45, 2.75) is 32.2 Å². The van der Waals surface area contributed by atoms with E-state index in [-0.39, 0.29) is 17.0 Å². The van der Waals surface area contributed by atoms with E-state index in [1.54, 1.807) is 13.0 Å². The van der Waals surface area contributed by atoms with E-state index in [4.69, 9.17) is 0 Å². The van der Waals surface area contributed by atoms with E-state index >= 15 is 0 Å². The SMILES string of the molecule is Cc1cc(C2(C)CCCN2)cc(O)c1O. The molecular formula is C12H17NO2. The first-order valence-corrected chi connectivity index (χ1v) is 5.31. The van der Waals surface area contributed by atoms with E-state index in [0.29, 0.717) is 0 Å². The Labute approximate surface area is 89.8 Å². The summed E-state index contributed by atoms with van der Waals surface area (Å²) < 4.78 is 0. The van der Waals surface area contributed by atoms with Crippen molar-refractivity contribution in [2.75, 3.05) is 6.54 Å². The fraction of sp³-hybridized carbons (Fsp3) is 0.500. The highest BCUT2D eigenvalue weighted by Gasteiger charge is 2.30. The number of hydrogen-bond acceptors (Lipinski definition) is 3. The monoisotopic (exact) mass is 207 g/mol. The van der Waals surface area contributed by atoms with Crippen LogP contribution in [0.4, 0.5) is 0 Å². The molecule has 3 heteroatoms. The third-order valence-corrected chi connectivity index (χ3v) is 3.29. The molecule has 1 saturated heterocycles. The van der Waals surface area contributed by atoms with E-state index in [2.05, 4.69) is 12.2 Å². The van der Waals surface area contributed by atoms with Gasteiger partial charge < -0.3 is 15.5 Å². The van der Waals surface area contributed by atoms with Gasteiger partial charge in [-0.2, -0.15) is 0 Å². The topological polar surface area (TPSA) is 52.5 Å². The summed E-state index contributed by atoms with van der Waals surface area (Å²) in [7, 11) is 0. The molecule has 3 N–H and O–H groups in total. The zero-order valence-corrected chi connectivity index (χ0v) is 9.17. The van der Waals surface area contributed by atoms with Crippen molar-refractivity contribution >= 4 is 0 Å². The molecule has 15 heavy (non-hydrogen) atoms. The minimum atomic E-state index is -0.0596. The van der Waals surface area contributed by atoms with Gasteiger partial charge in [0.15, 0.2) is 11.5 Å². The van der Waals surface area contributed by atoms with Gasteiger partial charge in [0, 0.05) is 5.54 Å². The third-order valence-electron chi connectivity index (χ3n) is 3.29. The maximum absolute atomic E-state index is 9.58. The van der Waals surface area contributed by atoms with Gasteiger partial charge >= 0.3 is 0 Å². The van der Waals surface area contributed by atoms with E-state index in [1.165, 1.54) is 0 Å². The van der Waals surface area contributed by atoms with Crippen molar-refractivity contribution in [3.63, 3.8) is 0 Å². The fourth-order valence-corrected chi connectivity index (χ4v) is 2.22. The summed E-state index contributed by atoms with van der Waals surface area (Å²) >= 11 is 0. The summed E-state index contributed by atoms with van der Waals surface area (Å²) in [5, 5.41) is 22.5. The number of aromatic hydroxyl groups is 2. The first-order chi connectivity index (χ1) is 7.03. The molecule has 2 rings (SSSR count). The van der Waals surface area contributed by atoms with Crippen LogP contribution >= 0.6 is 0 Å². The summed E-state index contributed by atoms with van der Waals surface area (Å²) in [6.45, 7) is 4.94. The number of nitrogens with one attached hydrogen (secondary N) is 1. The standard InChI is InChI=1S/C12H17NO2/c1-8-6-9(7-10(14)11(8)15)12(2)4-3-5-13-12/h6-7,13-15H,3-5H2,1-2H3. The Balaban J connectivity index is 2.45. The molecule has 1 fully saturated rings. The van der Waals surface area contributed by atoms with Gasteiger partial charge in [0.2, 0.25) is 0 Å². The Hall–Kier alpha value is -1.22. The maximum atomic E-state index is 9.58. The number of aryl methyl sites for hydroxylation is 1. The van der Waals surface area contributed by atoms with Crippen LogP contribution in [0.5, 0.6) is 11.5 Å². The van der Waals surface area contributed by atoms with Crippen molar-refractivity contribution in [3.05, 3.63) is 23.3 Å². The van der Waals surface area contributed by atoms with E-state index in [0.717, 1.165) is 30.5 Å². The fourth-order valence-electron chi connectivity index (χ4n) is 2.22. The van der Waals surface area contributed by atoms with Crippen LogP contribution in [0.25, 0.3) is 0 Å². The average Bonchev–Trinajstić information content (AvgIpc) is 2.62. The average molecular weight is 207 g/mol. The molecule has 1 unspecified atom stereocenters. The van der Waals surface area contributed by atoms with E-state index in [9.17, 15) is 10.2 Å². The van der Waals surface area contributed by atoms with Crippen molar-refractivity contribution in [3.8, 4) is 11.5 Å². The maximum Gasteiger partial charge on any atom is 0.160 e. The van der Waals surface area contributed by atoms with Crippen LogP contribution in [-0.2, 0) is 5.54 Å².